The van der Waals surface area contributed by atoms with Crippen LogP contribution < -0.4 is 5.32 Å². The lowest BCUT2D eigenvalue weighted by Gasteiger charge is -2.28. The van der Waals surface area contributed by atoms with Gasteiger partial charge >= 0.3 is 0 Å². The largest absolute Gasteiger partial charge is 0.468 e. The molecule has 25 heavy (non-hydrogen) atoms. The van der Waals surface area contributed by atoms with Crippen LogP contribution in [0.15, 0.2) is 51.6 Å². The number of rotatable bonds is 7. The van der Waals surface area contributed by atoms with E-state index in [1.165, 1.54) is 12.8 Å². The quantitative estimate of drug-likeness (QED) is 0.729. The highest BCUT2D eigenvalue weighted by atomic mass is 79.9. The van der Waals surface area contributed by atoms with E-state index >= 15 is 0 Å². The Hall–Kier alpha value is -1.59. The summed E-state index contributed by atoms with van der Waals surface area (Å²) in [6.45, 7) is 3.12. The lowest BCUT2D eigenvalue weighted by molar-refractivity contribution is -0.123. The average Bonchev–Trinajstić information content (AvgIpc) is 3.28. The maximum atomic E-state index is 12.6. The van der Waals surface area contributed by atoms with Crippen molar-refractivity contribution in [1.29, 1.82) is 0 Å². The van der Waals surface area contributed by atoms with E-state index in [2.05, 4.69) is 26.1 Å². The molecule has 1 heterocycles. The topological polar surface area (TPSA) is 45.5 Å². The Balaban J connectivity index is 1.60. The summed E-state index contributed by atoms with van der Waals surface area (Å²) in [5, 5.41) is 3.12. The predicted molar refractivity (Wildman–Crippen MR) is 102 cm³/mol. The van der Waals surface area contributed by atoms with E-state index in [0.29, 0.717) is 19.1 Å². The van der Waals surface area contributed by atoms with Gasteiger partial charge in [0.2, 0.25) is 5.91 Å². The van der Waals surface area contributed by atoms with E-state index in [0.717, 1.165) is 28.6 Å². The second kappa shape index (κ2) is 8.68. The maximum absolute atomic E-state index is 12.6. The summed E-state index contributed by atoms with van der Waals surface area (Å²) in [5.41, 5.74) is 1.11. The Kier molecular flexibility index (Phi) is 6.32. The molecule has 1 amide bonds. The molecule has 3 rings (SSSR count). The van der Waals surface area contributed by atoms with Crippen LogP contribution in [-0.4, -0.2) is 23.4 Å². The van der Waals surface area contributed by atoms with Gasteiger partial charge in [-0.2, -0.15) is 0 Å². The van der Waals surface area contributed by atoms with Gasteiger partial charge in [0, 0.05) is 10.5 Å². The van der Waals surface area contributed by atoms with Gasteiger partial charge in [-0.3, -0.25) is 9.69 Å². The smallest absolute Gasteiger partial charge is 0.234 e. The van der Waals surface area contributed by atoms with Gasteiger partial charge in [0.05, 0.1) is 25.4 Å². The SMILES string of the molecule is CC(NC(=O)CN(Cc1ccco1)C1CCCC1)c1ccc(Br)cc1. The van der Waals surface area contributed by atoms with Crippen LogP contribution in [-0.2, 0) is 11.3 Å². The number of carbonyl (C=O) groups is 1. The molecule has 1 aromatic heterocycles. The Labute approximate surface area is 157 Å². The molecule has 0 spiro atoms. The molecule has 4 nitrogen and oxygen atoms in total. The van der Waals surface area contributed by atoms with Crippen molar-refractivity contribution in [3.8, 4) is 0 Å². The van der Waals surface area contributed by atoms with Crippen molar-refractivity contribution < 1.29 is 9.21 Å². The highest BCUT2D eigenvalue weighted by Crippen LogP contribution is 2.25. The summed E-state index contributed by atoms with van der Waals surface area (Å²) in [5.74, 6) is 0.981. The van der Waals surface area contributed by atoms with E-state index in [1.54, 1.807) is 6.26 Å². The fourth-order valence-electron chi connectivity index (χ4n) is 3.49. The molecule has 1 saturated carbocycles. The first-order valence-corrected chi connectivity index (χ1v) is 9.72. The molecule has 2 aromatic rings. The molecular formula is C20H25BrN2O2. The molecule has 1 aromatic carbocycles. The van der Waals surface area contributed by atoms with E-state index in [-0.39, 0.29) is 11.9 Å². The number of furan rings is 1. The second-order valence-corrected chi connectivity index (χ2v) is 7.68. The van der Waals surface area contributed by atoms with Crippen LogP contribution in [0.2, 0.25) is 0 Å². The van der Waals surface area contributed by atoms with Gasteiger partial charge in [0.25, 0.3) is 0 Å². The van der Waals surface area contributed by atoms with Crippen LogP contribution in [0.1, 0.15) is 50.0 Å². The van der Waals surface area contributed by atoms with Gasteiger partial charge in [-0.1, -0.05) is 40.9 Å². The first-order chi connectivity index (χ1) is 12.1. The Bertz CT molecular complexity index is 664. The van der Waals surface area contributed by atoms with Crippen molar-refractivity contribution in [3.63, 3.8) is 0 Å². The summed E-state index contributed by atoms with van der Waals surface area (Å²) in [6.07, 6.45) is 6.51. The first-order valence-electron chi connectivity index (χ1n) is 8.93. The molecular weight excluding hydrogens is 380 g/mol. The minimum absolute atomic E-state index is 0.00496. The second-order valence-electron chi connectivity index (χ2n) is 6.76. The van der Waals surface area contributed by atoms with E-state index in [4.69, 9.17) is 4.42 Å². The summed E-state index contributed by atoms with van der Waals surface area (Å²) < 4.78 is 6.53. The summed E-state index contributed by atoms with van der Waals surface area (Å²) in [4.78, 5) is 14.9. The third-order valence-electron chi connectivity index (χ3n) is 4.87. The van der Waals surface area contributed by atoms with Gasteiger partial charge < -0.3 is 9.73 Å². The number of carbonyl (C=O) groups excluding carboxylic acids is 1. The van der Waals surface area contributed by atoms with Crippen LogP contribution in [0.5, 0.6) is 0 Å². The van der Waals surface area contributed by atoms with Gasteiger partial charge in [-0.25, -0.2) is 0 Å². The lowest BCUT2D eigenvalue weighted by atomic mass is 10.1. The molecule has 1 aliphatic carbocycles. The third kappa shape index (κ3) is 5.19. The van der Waals surface area contributed by atoms with Crippen LogP contribution in [0, 0.1) is 0 Å². The summed E-state index contributed by atoms with van der Waals surface area (Å²) in [6, 6.07) is 12.4. The van der Waals surface area contributed by atoms with Crippen LogP contribution in [0.3, 0.4) is 0 Å². The molecule has 1 unspecified atom stereocenters. The van der Waals surface area contributed by atoms with Crippen LogP contribution in [0.4, 0.5) is 0 Å². The number of benzene rings is 1. The average molecular weight is 405 g/mol. The minimum Gasteiger partial charge on any atom is -0.468 e. The highest BCUT2D eigenvalue weighted by Gasteiger charge is 2.25. The molecule has 0 aliphatic heterocycles. The molecule has 1 fully saturated rings. The first kappa shape index (κ1) is 18.2. The van der Waals surface area contributed by atoms with Crippen LogP contribution >= 0.6 is 15.9 Å². The Morgan fingerprint density at radius 2 is 2.00 bits per heavy atom. The zero-order chi connectivity index (χ0) is 17.6. The molecule has 134 valence electrons. The number of halogens is 1. The number of nitrogens with one attached hydrogen (secondary N) is 1. The molecule has 1 N–H and O–H groups in total. The van der Waals surface area contributed by atoms with Crippen molar-refractivity contribution >= 4 is 21.8 Å². The van der Waals surface area contributed by atoms with E-state index < -0.39 is 0 Å². The van der Waals surface area contributed by atoms with E-state index in [9.17, 15) is 4.79 Å². The van der Waals surface area contributed by atoms with E-state index in [1.807, 2.05) is 43.3 Å². The number of nitrogens with zero attached hydrogens (tertiary/aromatic N) is 1. The molecule has 5 heteroatoms. The molecule has 0 radical (unpaired) electrons. The number of hydrogen-bond acceptors (Lipinski definition) is 3. The minimum atomic E-state index is -0.00496. The predicted octanol–water partition coefficient (Wildman–Crippen LogP) is 4.66. The lowest BCUT2D eigenvalue weighted by Crippen LogP contribution is -2.42. The van der Waals surface area contributed by atoms with Crippen molar-refractivity contribution in [2.24, 2.45) is 0 Å². The van der Waals surface area contributed by atoms with Gasteiger partial charge in [-0.05, 0) is 49.6 Å². The fourth-order valence-corrected chi connectivity index (χ4v) is 3.76. The van der Waals surface area contributed by atoms with Crippen molar-refractivity contribution in [2.45, 2.75) is 51.2 Å². The third-order valence-corrected chi connectivity index (χ3v) is 5.40. The van der Waals surface area contributed by atoms with Crippen molar-refractivity contribution in [2.75, 3.05) is 6.54 Å². The normalized spacial score (nSPS) is 16.3. The van der Waals surface area contributed by atoms with Crippen LogP contribution in [0.25, 0.3) is 0 Å². The van der Waals surface area contributed by atoms with Gasteiger partial charge in [0.1, 0.15) is 5.76 Å². The monoisotopic (exact) mass is 404 g/mol. The van der Waals surface area contributed by atoms with Crippen molar-refractivity contribution in [1.82, 2.24) is 10.2 Å². The molecule has 0 bridgehead atoms. The van der Waals surface area contributed by atoms with Gasteiger partial charge in [0.15, 0.2) is 0 Å². The summed E-state index contributed by atoms with van der Waals surface area (Å²) in [7, 11) is 0. The highest BCUT2D eigenvalue weighted by molar-refractivity contribution is 9.10. The zero-order valence-electron chi connectivity index (χ0n) is 14.6. The zero-order valence-corrected chi connectivity index (χ0v) is 16.2. The standard InChI is InChI=1S/C20H25BrN2O2/c1-15(16-8-10-17(21)11-9-16)22-20(24)14-23(18-5-2-3-6-18)13-19-7-4-12-25-19/h4,7-12,15,18H,2-3,5-6,13-14H2,1H3,(H,22,24). The summed E-state index contributed by atoms with van der Waals surface area (Å²) >= 11 is 3.44. The number of hydrogen-bond donors (Lipinski definition) is 1. The van der Waals surface area contributed by atoms with Gasteiger partial charge in [-0.15, -0.1) is 0 Å². The Morgan fingerprint density at radius 1 is 1.28 bits per heavy atom. The molecule has 1 atom stereocenters. The fraction of sp³-hybridized carbons (Fsp3) is 0.450. The van der Waals surface area contributed by atoms with Crippen molar-refractivity contribution in [3.05, 3.63) is 58.5 Å². The number of amides is 1. The molecule has 0 saturated heterocycles. The Morgan fingerprint density at radius 3 is 2.64 bits per heavy atom. The molecule has 1 aliphatic rings. The maximum Gasteiger partial charge on any atom is 0.234 e.